The Morgan fingerprint density at radius 1 is 1.41 bits per heavy atom. The van der Waals surface area contributed by atoms with Crippen LogP contribution in [-0.4, -0.2) is 89.6 Å². The summed E-state index contributed by atoms with van der Waals surface area (Å²) >= 11 is 0. The minimum absolute atomic E-state index is 0.0270. The monoisotopic (exact) mass is 401 g/mol. The SMILES string of the molecule is C=CCN1C[C@@H](NC(=O)N(CC)CCN(C)C)C[C@@H]2Cc3nc(N)ncc3C[C@H]21. The Hall–Kier alpha value is -2.19. The number of anilines is 1. The molecule has 1 aromatic heterocycles. The molecule has 1 aliphatic heterocycles. The van der Waals surface area contributed by atoms with E-state index in [4.69, 9.17) is 5.73 Å². The molecule has 3 atom stereocenters. The highest BCUT2D eigenvalue weighted by molar-refractivity contribution is 5.74. The van der Waals surface area contributed by atoms with E-state index in [0.29, 0.717) is 24.5 Å². The fourth-order valence-corrected chi connectivity index (χ4v) is 4.58. The van der Waals surface area contributed by atoms with Crippen molar-refractivity contribution in [3.63, 3.8) is 0 Å². The van der Waals surface area contributed by atoms with Crippen molar-refractivity contribution in [2.75, 3.05) is 52.6 Å². The smallest absolute Gasteiger partial charge is 0.317 e. The van der Waals surface area contributed by atoms with Crippen LogP contribution in [0, 0.1) is 5.92 Å². The molecule has 0 spiro atoms. The Balaban J connectivity index is 1.69. The number of nitrogens with one attached hydrogen (secondary N) is 1. The minimum atomic E-state index is 0.0270. The lowest BCUT2D eigenvalue weighted by Crippen LogP contribution is -2.59. The van der Waals surface area contributed by atoms with Crippen molar-refractivity contribution in [3.8, 4) is 0 Å². The summed E-state index contributed by atoms with van der Waals surface area (Å²) in [4.78, 5) is 27.9. The molecule has 3 N–H and O–H groups in total. The zero-order valence-corrected chi connectivity index (χ0v) is 18.0. The van der Waals surface area contributed by atoms with E-state index in [9.17, 15) is 4.79 Å². The van der Waals surface area contributed by atoms with Crippen LogP contribution in [0.4, 0.5) is 10.7 Å². The van der Waals surface area contributed by atoms with Crippen LogP contribution in [0.5, 0.6) is 0 Å². The highest BCUT2D eigenvalue weighted by Gasteiger charge is 2.40. The summed E-state index contributed by atoms with van der Waals surface area (Å²) < 4.78 is 0. The van der Waals surface area contributed by atoms with Gasteiger partial charge < -0.3 is 20.9 Å². The molecule has 0 bridgehead atoms. The first-order valence-corrected chi connectivity index (χ1v) is 10.6. The molecule has 0 aromatic carbocycles. The molecule has 29 heavy (non-hydrogen) atoms. The van der Waals surface area contributed by atoms with Crippen LogP contribution in [0.2, 0.25) is 0 Å². The van der Waals surface area contributed by atoms with E-state index in [1.807, 2.05) is 38.2 Å². The Morgan fingerprint density at radius 3 is 2.90 bits per heavy atom. The summed E-state index contributed by atoms with van der Waals surface area (Å²) in [6.45, 7) is 9.91. The van der Waals surface area contributed by atoms with Crippen molar-refractivity contribution in [3.05, 3.63) is 30.1 Å². The number of carbonyl (C=O) groups is 1. The first kappa shape index (κ1) is 21.5. The number of aromatic nitrogens is 2. The van der Waals surface area contributed by atoms with Crippen LogP contribution in [0.3, 0.4) is 0 Å². The molecule has 0 radical (unpaired) electrons. The van der Waals surface area contributed by atoms with Crippen LogP contribution in [-0.2, 0) is 12.8 Å². The quantitative estimate of drug-likeness (QED) is 0.663. The number of likely N-dealkylation sites (N-methyl/N-ethyl adjacent to an activating group) is 2. The zero-order chi connectivity index (χ0) is 21.0. The van der Waals surface area contributed by atoms with Crippen molar-refractivity contribution in [2.24, 2.45) is 5.92 Å². The molecule has 1 saturated heterocycles. The summed E-state index contributed by atoms with van der Waals surface area (Å²) in [5.74, 6) is 0.776. The summed E-state index contributed by atoms with van der Waals surface area (Å²) in [7, 11) is 4.05. The van der Waals surface area contributed by atoms with E-state index in [2.05, 4.69) is 31.7 Å². The summed E-state index contributed by atoms with van der Waals surface area (Å²) in [6, 6.07) is 0.578. The number of nitrogens with zero attached hydrogens (tertiary/aromatic N) is 5. The second-order valence-electron chi connectivity index (χ2n) is 8.44. The number of amides is 2. The van der Waals surface area contributed by atoms with Gasteiger partial charge in [0, 0.05) is 56.7 Å². The molecule has 8 heteroatoms. The van der Waals surface area contributed by atoms with Gasteiger partial charge in [-0.3, -0.25) is 4.90 Å². The van der Waals surface area contributed by atoms with E-state index < -0.39 is 0 Å². The van der Waals surface area contributed by atoms with E-state index in [-0.39, 0.29) is 12.1 Å². The predicted molar refractivity (Wildman–Crippen MR) is 116 cm³/mol. The second kappa shape index (κ2) is 9.54. The number of piperidine rings is 1. The summed E-state index contributed by atoms with van der Waals surface area (Å²) in [6.07, 6.45) is 6.59. The lowest BCUT2D eigenvalue weighted by atomic mass is 9.76. The van der Waals surface area contributed by atoms with Crippen LogP contribution in [0.1, 0.15) is 24.6 Å². The molecule has 1 aromatic rings. The van der Waals surface area contributed by atoms with E-state index in [1.54, 1.807) is 0 Å². The van der Waals surface area contributed by atoms with Crippen molar-refractivity contribution < 1.29 is 4.79 Å². The maximum atomic E-state index is 12.8. The number of rotatable bonds is 7. The normalized spacial score (nSPS) is 23.9. The third-order valence-corrected chi connectivity index (χ3v) is 6.09. The number of fused-ring (bicyclic) bond motifs is 2. The van der Waals surface area contributed by atoms with Crippen molar-refractivity contribution in [2.45, 2.75) is 38.3 Å². The maximum absolute atomic E-state index is 12.8. The Kier molecular flexibility index (Phi) is 7.08. The summed E-state index contributed by atoms with van der Waals surface area (Å²) in [5.41, 5.74) is 8.06. The largest absolute Gasteiger partial charge is 0.368 e. The van der Waals surface area contributed by atoms with Gasteiger partial charge in [-0.1, -0.05) is 6.08 Å². The number of urea groups is 1. The van der Waals surface area contributed by atoms with E-state index in [0.717, 1.165) is 51.1 Å². The topological polar surface area (TPSA) is 90.6 Å². The average Bonchev–Trinajstić information content (AvgIpc) is 2.67. The lowest BCUT2D eigenvalue weighted by Gasteiger charge is -2.47. The third-order valence-electron chi connectivity index (χ3n) is 6.09. The number of nitrogens with two attached hydrogens (primary N) is 1. The molecular formula is C21H35N7O. The average molecular weight is 402 g/mol. The highest BCUT2D eigenvalue weighted by Crippen LogP contribution is 2.34. The Bertz CT molecular complexity index is 723. The van der Waals surface area contributed by atoms with Crippen molar-refractivity contribution >= 4 is 12.0 Å². The van der Waals surface area contributed by atoms with Gasteiger partial charge in [0.05, 0.1) is 0 Å². The van der Waals surface area contributed by atoms with Gasteiger partial charge in [0.15, 0.2) is 0 Å². The molecule has 0 saturated carbocycles. The standard InChI is InChI=1S/C21H35N7O/c1-5-7-28-14-17(24-21(29)27(6-2)9-8-26(3)4)10-15-11-18-16(12-19(15)28)13-23-20(22)25-18/h5,13,15,17,19H,1,6-12,14H2,2-4H3,(H,24,29)(H2,22,23,25)/t15-,17+,19-/m1/s1. The van der Waals surface area contributed by atoms with Gasteiger partial charge in [0.2, 0.25) is 5.95 Å². The van der Waals surface area contributed by atoms with Gasteiger partial charge in [-0.25, -0.2) is 14.8 Å². The first-order chi connectivity index (χ1) is 13.9. The first-order valence-electron chi connectivity index (χ1n) is 10.6. The lowest BCUT2D eigenvalue weighted by molar-refractivity contribution is 0.0724. The van der Waals surface area contributed by atoms with Gasteiger partial charge >= 0.3 is 6.03 Å². The van der Waals surface area contributed by atoms with Crippen LogP contribution in [0.25, 0.3) is 0 Å². The molecule has 1 aliphatic carbocycles. The van der Waals surface area contributed by atoms with Crippen molar-refractivity contribution in [1.29, 1.82) is 0 Å². The third kappa shape index (κ3) is 5.25. The van der Waals surface area contributed by atoms with Gasteiger partial charge in [0.25, 0.3) is 0 Å². The summed E-state index contributed by atoms with van der Waals surface area (Å²) in [5, 5.41) is 3.29. The predicted octanol–water partition coefficient (Wildman–Crippen LogP) is 0.996. The highest BCUT2D eigenvalue weighted by atomic mass is 16.2. The molecule has 160 valence electrons. The number of nitrogen functional groups attached to an aromatic ring is 1. The van der Waals surface area contributed by atoms with Crippen LogP contribution < -0.4 is 11.1 Å². The van der Waals surface area contributed by atoms with Crippen molar-refractivity contribution in [1.82, 2.24) is 30.0 Å². The van der Waals surface area contributed by atoms with Gasteiger partial charge in [-0.05, 0) is 51.8 Å². The number of hydrogen-bond acceptors (Lipinski definition) is 6. The number of hydrogen-bond donors (Lipinski definition) is 2. The van der Waals surface area contributed by atoms with E-state index in [1.165, 1.54) is 5.56 Å². The van der Waals surface area contributed by atoms with Crippen LogP contribution >= 0.6 is 0 Å². The molecule has 8 nitrogen and oxygen atoms in total. The second-order valence-corrected chi connectivity index (χ2v) is 8.44. The number of carbonyl (C=O) groups excluding carboxylic acids is 1. The fourth-order valence-electron chi connectivity index (χ4n) is 4.58. The van der Waals surface area contributed by atoms with Gasteiger partial charge in [-0.15, -0.1) is 6.58 Å². The molecule has 2 amide bonds. The Labute approximate surface area is 174 Å². The Morgan fingerprint density at radius 2 is 2.21 bits per heavy atom. The zero-order valence-electron chi connectivity index (χ0n) is 18.0. The van der Waals surface area contributed by atoms with Crippen LogP contribution in [0.15, 0.2) is 18.9 Å². The van der Waals surface area contributed by atoms with Gasteiger partial charge in [0.1, 0.15) is 0 Å². The number of likely N-dealkylation sites (tertiary alicyclic amines) is 1. The molecule has 2 heterocycles. The molecular weight excluding hydrogens is 366 g/mol. The van der Waals surface area contributed by atoms with Gasteiger partial charge in [-0.2, -0.15) is 0 Å². The molecule has 1 fully saturated rings. The molecule has 0 unspecified atom stereocenters. The molecule has 2 aliphatic rings. The maximum Gasteiger partial charge on any atom is 0.317 e. The van der Waals surface area contributed by atoms with E-state index >= 15 is 0 Å². The fraction of sp³-hybridized carbons (Fsp3) is 0.667. The molecule has 3 rings (SSSR count). The minimum Gasteiger partial charge on any atom is -0.368 e.